The summed E-state index contributed by atoms with van der Waals surface area (Å²) in [5.41, 5.74) is 5.93. The molecule has 0 radical (unpaired) electrons. The zero-order chi connectivity index (χ0) is 12.5. The summed E-state index contributed by atoms with van der Waals surface area (Å²) < 4.78 is 40.4. The van der Waals surface area contributed by atoms with E-state index in [1.54, 1.807) is 6.07 Å². The van der Waals surface area contributed by atoms with Crippen molar-refractivity contribution in [2.24, 2.45) is 0 Å². The Labute approximate surface area is 94.2 Å². The fourth-order valence-corrected chi connectivity index (χ4v) is 1.37. The Morgan fingerprint density at radius 2 is 1.94 bits per heavy atom. The number of anilines is 1. The van der Waals surface area contributed by atoms with Gasteiger partial charge in [0.2, 0.25) is 0 Å². The molecule has 4 nitrogen and oxygen atoms in total. The first kappa shape index (κ1) is 11.3. The van der Waals surface area contributed by atoms with Gasteiger partial charge in [-0.15, -0.1) is 13.2 Å². The molecule has 7 heteroatoms. The number of benzene rings is 1. The number of nitrogen functional groups attached to an aromatic ring is 1. The fraction of sp³-hybridized carbons (Fsp3) is 0.100. The molecule has 1 aromatic carbocycles. The summed E-state index contributed by atoms with van der Waals surface area (Å²) in [6.45, 7) is 0. The third-order valence-corrected chi connectivity index (χ3v) is 1.99. The van der Waals surface area contributed by atoms with Crippen LogP contribution in [0.2, 0.25) is 0 Å². The van der Waals surface area contributed by atoms with Gasteiger partial charge in [-0.25, -0.2) is 0 Å². The summed E-state index contributed by atoms with van der Waals surface area (Å²) in [7, 11) is 0. The lowest BCUT2D eigenvalue weighted by Gasteiger charge is -2.11. The summed E-state index contributed by atoms with van der Waals surface area (Å²) in [5, 5.41) is 6.23. The van der Waals surface area contributed by atoms with Gasteiger partial charge in [0.05, 0.1) is 5.69 Å². The predicted molar refractivity (Wildman–Crippen MR) is 55.1 cm³/mol. The van der Waals surface area contributed by atoms with Crippen molar-refractivity contribution in [3.05, 3.63) is 30.3 Å². The summed E-state index contributed by atoms with van der Waals surface area (Å²) in [4.78, 5) is 0. The number of nitrogens with two attached hydrogens (primary N) is 1. The van der Waals surface area contributed by atoms with Crippen LogP contribution in [0.5, 0.6) is 5.75 Å². The number of halogens is 3. The maximum Gasteiger partial charge on any atom is 0.573 e. The molecular formula is C10H8F3N3O. The van der Waals surface area contributed by atoms with Crippen LogP contribution in [0.1, 0.15) is 0 Å². The first-order chi connectivity index (χ1) is 7.96. The maximum atomic E-state index is 12.2. The zero-order valence-corrected chi connectivity index (χ0v) is 8.45. The average molecular weight is 243 g/mol. The molecule has 2 aromatic rings. The van der Waals surface area contributed by atoms with Gasteiger partial charge in [0.15, 0.2) is 0 Å². The van der Waals surface area contributed by atoms with Crippen LogP contribution in [0.15, 0.2) is 30.3 Å². The molecule has 0 fully saturated rings. The maximum absolute atomic E-state index is 12.2. The van der Waals surface area contributed by atoms with Crippen LogP contribution >= 0.6 is 0 Å². The van der Waals surface area contributed by atoms with E-state index in [-0.39, 0.29) is 17.1 Å². The number of nitrogens with one attached hydrogen (secondary N) is 1. The first-order valence-electron chi connectivity index (χ1n) is 4.62. The number of alkyl halides is 3. The molecule has 17 heavy (non-hydrogen) atoms. The number of ether oxygens (including phenoxy) is 1. The largest absolute Gasteiger partial charge is 0.573 e. The van der Waals surface area contributed by atoms with Gasteiger partial charge in [-0.3, -0.25) is 5.10 Å². The molecule has 0 saturated carbocycles. The molecule has 3 N–H and O–H groups in total. The van der Waals surface area contributed by atoms with Gasteiger partial charge in [-0.1, -0.05) is 12.1 Å². The number of rotatable bonds is 2. The highest BCUT2D eigenvalue weighted by atomic mass is 19.4. The highest BCUT2D eigenvalue weighted by Gasteiger charge is 2.32. The molecule has 1 heterocycles. The van der Waals surface area contributed by atoms with E-state index < -0.39 is 6.36 Å². The fourth-order valence-electron chi connectivity index (χ4n) is 1.37. The van der Waals surface area contributed by atoms with Crippen molar-refractivity contribution in [1.29, 1.82) is 0 Å². The van der Waals surface area contributed by atoms with Crippen molar-refractivity contribution in [2.45, 2.75) is 6.36 Å². The topological polar surface area (TPSA) is 63.9 Å². The van der Waals surface area contributed by atoms with Gasteiger partial charge in [0.25, 0.3) is 0 Å². The minimum Gasteiger partial charge on any atom is -0.405 e. The lowest BCUT2D eigenvalue weighted by atomic mass is 10.1. The first-order valence-corrected chi connectivity index (χ1v) is 4.62. The van der Waals surface area contributed by atoms with Crippen molar-refractivity contribution in [3.63, 3.8) is 0 Å². The summed E-state index contributed by atoms with van der Waals surface area (Å²) >= 11 is 0. The third-order valence-electron chi connectivity index (χ3n) is 1.99. The number of para-hydroxylation sites is 1. The van der Waals surface area contributed by atoms with Gasteiger partial charge in [-0.05, 0) is 12.1 Å². The van der Waals surface area contributed by atoms with Crippen LogP contribution in [0.25, 0.3) is 11.3 Å². The van der Waals surface area contributed by atoms with E-state index in [0.717, 1.165) is 0 Å². The molecule has 2 rings (SSSR count). The molecule has 0 unspecified atom stereocenters. The van der Waals surface area contributed by atoms with Crippen LogP contribution in [0, 0.1) is 0 Å². The molecule has 0 atom stereocenters. The Morgan fingerprint density at radius 1 is 1.24 bits per heavy atom. The van der Waals surface area contributed by atoms with Crippen molar-refractivity contribution >= 4 is 5.82 Å². The smallest absolute Gasteiger partial charge is 0.405 e. The standard InChI is InChI=1S/C10H8F3N3O/c11-10(12,13)17-8-4-2-1-3-6(8)7-5-9(14)16-15-7/h1-5H,(H3,14,15,16). The third kappa shape index (κ3) is 2.68. The monoisotopic (exact) mass is 243 g/mol. The summed E-state index contributed by atoms with van der Waals surface area (Å²) in [6.07, 6.45) is -4.74. The van der Waals surface area contributed by atoms with Gasteiger partial charge in [0.1, 0.15) is 11.6 Å². The van der Waals surface area contributed by atoms with Crippen molar-refractivity contribution in [2.75, 3.05) is 5.73 Å². The van der Waals surface area contributed by atoms with Crippen LogP contribution < -0.4 is 10.5 Å². The molecule has 0 aliphatic carbocycles. The number of aromatic nitrogens is 2. The summed E-state index contributed by atoms with van der Waals surface area (Å²) in [5.74, 6) is -0.0479. The van der Waals surface area contributed by atoms with Crippen LogP contribution in [-0.2, 0) is 0 Å². The van der Waals surface area contributed by atoms with Crippen LogP contribution in [0.4, 0.5) is 19.0 Å². The summed E-state index contributed by atoms with van der Waals surface area (Å²) in [6, 6.07) is 7.15. The van der Waals surface area contributed by atoms with E-state index in [1.807, 2.05) is 0 Å². The molecular weight excluding hydrogens is 235 g/mol. The van der Waals surface area contributed by atoms with Gasteiger partial charge in [-0.2, -0.15) is 5.10 Å². The van der Waals surface area contributed by atoms with Gasteiger partial charge in [0, 0.05) is 11.6 Å². The zero-order valence-electron chi connectivity index (χ0n) is 8.45. The highest BCUT2D eigenvalue weighted by Crippen LogP contribution is 2.32. The van der Waals surface area contributed by atoms with E-state index >= 15 is 0 Å². The molecule has 0 amide bonds. The highest BCUT2D eigenvalue weighted by molar-refractivity contribution is 5.68. The Morgan fingerprint density at radius 3 is 2.53 bits per heavy atom. The number of H-pyrrole nitrogens is 1. The van der Waals surface area contributed by atoms with Gasteiger partial charge < -0.3 is 10.5 Å². The Balaban J connectivity index is 2.41. The molecule has 0 bridgehead atoms. The Hall–Kier alpha value is -2.18. The average Bonchev–Trinajstić information content (AvgIpc) is 2.63. The predicted octanol–water partition coefficient (Wildman–Crippen LogP) is 2.56. The number of nitrogens with zero attached hydrogens (tertiary/aromatic N) is 1. The quantitative estimate of drug-likeness (QED) is 0.851. The minimum absolute atomic E-state index is 0.220. The second-order valence-electron chi connectivity index (χ2n) is 3.25. The minimum atomic E-state index is -4.74. The lowest BCUT2D eigenvalue weighted by Crippen LogP contribution is -2.17. The van der Waals surface area contributed by atoms with Crippen molar-refractivity contribution < 1.29 is 17.9 Å². The van der Waals surface area contributed by atoms with Crippen molar-refractivity contribution in [3.8, 4) is 17.0 Å². The molecule has 0 aliphatic rings. The number of hydrogen-bond donors (Lipinski definition) is 2. The van der Waals surface area contributed by atoms with E-state index in [4.69, 9.17) is 5.73 Å². The Bertz CT molecular complexity index is 522. The van der Waals surface area contributed by atoms with E-state index in [0.29, 0.717) is 5.69 Å². The Kier molecular flexibility index (Phi) is 2.66. The molecule has 0 aliphatic heterocycles. The number of aromatic amines is 1. The van der Waals surface area contributed by atoms with Crippen LogP contribution in [-0.4, -0.2) is 16.6 Å². The second-order valence-corrected chi connectivity index (χ2v) is 3.25. The normalized spacial score (nSPS) is 11.5. The van der Waals surface area contributed by atoms with Crippen molar-refractivity contribution in [1.82, 2.24) is 10.2 Å². The lowest BCUT2D eigenvalue weighted by molar-refractivity contribution is -0.274. The van der Waals surface area contributed by atoms with E-state index in [1.165, 1.54) is 24.3 Å². The molecule has 90 valence electrons. The second kappa shape index (κ2) is 4.00. The molecule has 0 saturated heterocycles. The van der Waals surface area contributed by atoms with Gasteiger partial charge >= 0.3 is 6.36 Å². The molecule has 0 spiro atoms. The van der Waals surface area contributed by atoms with Crippen LogP contribution in [0.3, 0.4) is 0 Å². The van der Waals surface area contributed by atoms with E-state index in [2.05, 4.69) is 14.9 Å². The number of hydrogen-bond acceptors (Lipinski definition) is 3. The molecule has 1 aromatic heterocycles. The van der Waals surface area contributed by atoms with E-state index in [9.17, 15) is 13.2 Å². The SMILES string of the molecule is Nc1cc(-c2ccccc2OC(F)(F)F)n[nH]1.